The maximum absolute atomic E-state index is 9.39. The van der Waals surface area contributed by atoms with Crippen LogP contribution in [0, 0.1) is 29.1 Å². The first-order chi connectivity index (χ1) is 6.77. The molecule has 3 rings (SSSR count). The highest BCUT2D eigenvalue weighted by molar-refractivity contribution is 5.08. The van der Waals surface area contributed by atoms with Crippen LogP contribution in [0.4, 0.5) is 0 Å². The van der Waals surface area contributed by atoms with Crippen molar-refractivity contribution in [3.8, 4) is 0 Å². The molecule has 0 aromatic heterocycles. The Labute approximate surface area is 85.3 Å². The molecule has 80 valence electrons. The molecule has 2 heteroatoms. The van der Waals surface area contributed by atoms with Gasteiger partial charge in [0.2, 0.25) is 0 Å². The quantitative estimate of drug-likeness (QED) is 0.701. The smallest absolute Gasteiger partial charge is 0.0464 e. The molecule has 3 fully saturated rings. The van der Waals surface area contributed by atoms with E-state index >= 15 is 0 Å². The second kappa shape index (κ2) is 2.96. The van der Waals surface area contributed by atoms with E-state index in [0.29, 0.717) is 30.5 Å². The molecule has 3 aliphatic rings. The van der Waals surface area contributed by atoms with Crippen LogP contribution in [0.25, 0.3) is 0 Å². The minimum absolute atomic E-state index is 0.364. The predicted molar refractivity (Wildman–Crippen MR) is 53.6 cm³/mol. The van der Waals surface area contributed by atoms with Crippen LogP contribution in [0.3, 0.4) is 0 Å². The van der Waals surface area contributed by atoms with E-state index in [1.165, 1.54) is 32.1 Å². The Balaban J connectivity index is 1.86. The second-order valence-electron chi connectivity index (χ2n) is 5.89. The van der Waals surface area contributed by atoms with E-state index in [9.17, 15) is 10.2 Å². The fourth-order valence-electron chi connectivity index (χ4n) is 4.79. The lowest BCUT2D eigenvalue weighted by molar-refractivity contribution is 0.0105. The van der Waals surface area contributed by atoms with Gasteiger partial charge in [0.25, 0.3) is 0 Å². The summed E-state index contributed by atoms with van der Waals surface area (Å²) in [6.07, 6.45) is 6.39. The molecular formula is C12H20O2. The molecule has 2 nitrogen and oxygen atoms in total. The topological polar surface area (TPSA) is 40.5 Å². The molecule has 5 atom stereocenters. The maximum Gasteiger partial charge on any atom is 0.0464 e. The average molecular weight is 196 g/mol. The van der Waals surface area contributed by atoms with Crippen LogP contribution in [0.2, 0.25) is 0 Å². The summed E-state index contributed by atoms with van der Waals surface area (Å²) in [7, 11) is 0. The zero-order chi connectivity index (χ0) is 9.76. The number of rotatable bonds is 2. The van der Waals surface area contributed by atoms with Gasteiger partial charge in [0.1, 0.15) is 0 Å². The number of aliphatic hydroxyl groups excluding tert-OH is 2. The van der Waals surface area contributed by atoms with Crippen molar-refractivity contribution in [2.24, 2.45) is 29.1 Å². The highest BCUT2D eigenvalue weighted by Crippen LogP contribution is 2.66. The Morgan fingerprint density at radius 3 is 2.29 bits per heavy atom. The van der Waals surface area contributed by atoms with Crippen molar-refractivity contribution >= 4 is 0 Å². The molecule has 2 N–H and O–H groups in total. The Bertz CT molecular complexity index is 228. The van der Waals surface area contributed by atoms with Gasteiger partial charge in [0.05, 0.1) is 0 Å². The minimum atomic E-state index is 0.364. The molecular weight excluding hydrogens is 176 g/mol. The zero-order valence-corrected chi connectivity index (χ0v) is 8.65. The zero-order valence-electron chi connectivity index (χ0n) is 8.65. The van der Waals surface area contributed by atoms with E-state index in [1.807, 2.05) is 0 Å². The van der Waals surface area contributed by atoms with Crippen molar-refractivity contribution in [1.82, 2.24) is 0 Å². The van der Waals surface area contributed by atoms with Gasteiger partial charge in [-0.3, -0.25) is 0 Å². The van der Waals surface area contributed by atoms with Gasteiger partial charge in [-0.15, -0.1) is 0 Å². The van der Waals surface area contributed by atoms with Crippen molar-refractivity contribution in [3.05, 3.63) is 0 Å². The molecule has 3 aliphatic carbocycles. The molecule has 0 aromatic rings. The van der Waals surface area contributed by atoms with Gasteiger partial charge in [0, 0.05) is 13.2 Å². The summed E-state index contributed by atoms with van der Waals surface area (Å²) in [4.78, 5) is 0. The molecule has 0 heterocycles. The second-order valence-corrected chi connectivity index (χ2v) is 5.89. The molecule has 14 heavy (non-hydrogen) atoms. The van der Waals surface area contributed by atoms with Crippen LogP contribution in [0.1, 0.15) is 32.1 Å². The standard InChI is InChI=1S/C12H20O2/c13-6-8-1-9-4-12(3-8)5-10(9)2-11(12)7-14/h8-11,13-14H,1-7H2. The van der Waals surface area contributed by atoms with Crippen LogP contribution in [0.5, 0.6) is 0 Å². The summed E-state index contributed by atoms with van der Waals surface area (Å²) < 4.78 is 0. The lowest BCUT2D eigenvalue weighted by Gasteiger charge is -2.44. The van der Waals surface area contributed by atoms with Crippen molar-refractivity contribution < 1.29 is 10.2 Å². The lowest BCUT2D eigenvalue weighted by Crippen LogP contribution is -2.38. The van der Waals surface area contributed by atoms with Gasteiger partial charge in [-0.05, 0) is 61.2 Å². The van der Waals surface area contributed by atoms with E-state index in [2.05, 4.69) is 0 Å². The first-order valence-corrected chi connectivity index (χ1v) is 5.99. The predicted octanol–water partition coefficient (Wildman–Crippen LogP) is 1.41. The fraction of sp³-hybridized carbons (Fsp3) is 1.00. The molecule has 0 radical (unpaired) electrons. The van der Waals surface area contributed by atoms with Gasteiger partial charge in [-0.2, -0.15) is 0 Å². The molecule has 0 aromatic carbocycles. The number of fused-ring (bicyclic) bond motifs is 3. The van der Waals surface area contributed by atoms with Crippen molar-refractivity contribution in [3.63, 3.8) is 0 Å². The van der Waals surface area contributed by atoms with Crippen molar-refractivity contribution in [1.29, 1.82) is 0 Å². The number of hydrogen-bond acceptors (Lipinski definition) is 2. The lowest BCUT2D eigenvalue weighted by atomic mass is 9.62. The molecule has 0 amide bonds. The maximum atomic E-state index is 9.39. The molecule has 5 unspecified atom stereocenters. The monoisotopic (exact) mass is 196 g/mol. The van der Waals surface area contributed by atoms with Gasteiger partial charge in [-0.25, -0.2) is 0 Å². The van der Waals surface area contributed by atoms with Crippen LogP contribution in [0.15, 0.2) is 0 Å². The third-order valence-corrected chi connectivity index (χ3v) is 5.27. The Morgan fingerprint density at radius 1 is 0.929 bits per heavy atom. The number of hydrogen-bond donors (Lipinski definition) is 2. The van der Waals surface area contributed by atoms with Crippen LogP contribution in [-0.2, 0) is 0 Å². The van der Waals surface area contributed by atoms with Crippen molar-refractivity contribution in [2.75, 3.05) is 13.2 Å². The van der Waals surface area contributed by atoms with E-state index < -0.39 is 0 Å². The number of aliphatic hydroxyl groups is 2. The van der Waals surface area contributed by atoms with E-state index in [4.69, 9.17) is 0 Å². The highest BCUT2D eigenvalue weighted by Gasteiger charge is 2.59. The summed E-state index contributed by atoms with van der Waals surface area (Å²) in [5.74, 6) is 2.85. The molecule has 0 saturated heterocycles. The Morgan fingerprint density at radius 2 is 1.64 bits per heavy atom. The first kappa shape index (κ1) is 9.17. The summed E-state index contributed by atoms with van der Waals surface area (Å²) in [6, 6.07) is 0. The highest BCUT2D eigenvalue weighted by atomic mass is 16.3. The van der Waals surface area contributed by atoms with Gasteiger partial charge < -0.3 is 10.2 Å². The summed E-state index contributed by atoms with van der Waals surface area (Å²) in [5.41, 5.74) is 0.440. The summed E-state index contributed by atoms with van der Waals surface area (Å²) in [5, 5.41) is 18.7. The van der Waals surface area contributed by atoms with Gasteiger partial charge in [0.15, 0.2) is 0 Å². The largest absolute Gasteiger partial charge is 0.396 e. The van der Waals surface area contributed by atoms with E-state index in [0.717, 1.165) is 11.8 Å². The SMILES string of the molecule is OCC1CC2CC3(C1)CC2CC3CO. The summed E-state index contributed by atoms with van der Waals surface area (Å²) in [6.45, 7) is 0.741. The third kappa shape index (κ3) is 1.04. The van der Waals surface area contributed by atoms with Crippen molar-refractivity contribution in [2.45, 2.75) is 32.1 Å². The van der Waals surface area contributed by atoms with Crippen LogP contribution >= 0.6 is 0 Å². The Hall–Kier alpha value is -0.0800. The van der Waals surface area contributed by atoms with E-state index in [1.54, 1.807) is 0 Å². The molecule has 1 spiro atoms. The molecule has 0 aliphatic heterocycles. The molecule has 3 bridgehead atoms. The third-order valence-electron chi connectivity index (χ3n) is 5.27. The van der Waals surface area contributed by atoms with Crippen LogP contribution < -0.4 is 0 Å². The van der Waals surface area contributed by atoms with Crippen LogP contribution in [-0.4, -0.2) is 23.4 Å². The van der Waals surface area contributed by atoms with Gasteiger partial charge >= 0.3 is 0 Å². The minimum Gasteiger partial charge on any atom is -0.396 e. The van der Waals surface area contributed by atoms with E-state index in [-0.39, 0.29) is 0 Å². The molecule has 3 saturated carbocycles. The first-order valence-electron chi connectivity index (χ1n) is 5.99. The average Bonchev–Trinajstić information content (AvgIpc) is 2.66. The normalized spacial score (nSPS) is 55.3. The van der Waals surface area contributed by atoms with Gasteiger partial charge in [-0.1, -0.05) is 0 Å². The summed E-state index contributed by atoms with van der Waals surface area (Å²) >= 11 is 0. The Kier molecular flexibility index (Phi) is 1.94. The fourth-order valence-corrected chi connectivity index (χ4v) is 4.79.